The van der Waals surface area contributed by atoms with Gasteiger partial charge in [-0.25, -0.2) is 4.39 Å². The molecule has 0 saturated carbocycles. The van der Waals surface area contributed by atoms with Gasteiger partial charge in [-0.15, -0.1) is 5.10 Å². The van der Waals surface area contributed by atoms with Crippen LogP contribution in [0.5, 0.6) is 0 Å². The number of nitrogens with one attached hydrogen (secondary N) is 1. The van der Waals surface area contributed by atoms with E-state index in [1.165, 1.54) is 22.9 Å². The van der Waals surface area contributed by atoms with Crippen molar-refractivity contribution in [3.63, 3.8) is 0 Å². The Kier molecular flexibility index (Phi) is 5.10. The van der Waals surface area contributed by atoms with Crippen molar-refractivity contribution in [3.05, 3.63) is 58.6 Å². The van der Waals surface area contributed by atoms with Crippen molar-refractivity contribution in [1.82, 2.24) is 20.2 Å². The van der Waals surface area contributed by atoms with E-state index in [-0.39, 0.29) is 30.5 Å². The van der Waals surface area contributed by atoms with Crippen LogP contribution < -0.4 is 10.2 Å². The third-order valence-corrected chi connectivity index (χ3v) is 5.18. The van der Waals surface area contributed by atoms with Crippen LogP contribution in [-0.4, -0.2) is 38.6 Å². The minimum absolute atomic E-state index is 0.110. The zero-order chi connectivity index (χ0) is 20.5. The molecule has 1 aromatic heterocycles. The molecule has 1 aliphatic rings. The van der Waals surface area contributed by atoms with E-state index in [1.54, 1.807) is 11.8 Å². The summed E-state index contributed by atoms with van der Waals surface area (Å²) in [6.07, 6.45) is 0.110. The summed E-state index contributed by atoms with van der Waals surface area (Å²) in [6, 6.07) is 11.5. The largest absolute Gasteiger partial charge is 0.326 e. The SMILES string of the molecule is Cc1nnnn1-c1cc(NC(=O)C2CC(=O)N(c3cccc(Br)c3)C2)ccc1F. The van der Waals surface area contributed by atoms with Crippen LogP contribution in [0.15, 0.2) is 46.9 Å². The number of anilines is 2. The van der Waals surface area contributed by atoms with E-state index in [1.807, 2.05) is 24.3 Å². The normalized spacial score (nSPS) is 16.3. The summed E-state index contributed by atoms with van der Waals surface area (Å²) >= 11 is 3.39. The molecule has 0 spiro atoms. The molecule has 8 nitrogen and oxygen atoms in total. The molecule has 2 heterocycles. The van der Waals surface area contributed by atoms with Gasteiger partial charge in [-0.2, -0.15) is 4.68 Å². The van der Waals surface area contributed by atoms with E-state index in [9.17, 15) is 14.0 Å². The number of carbonyl (C=O) groups is 2. The van der Waals surface area contributed by atoms with E-state index in [0.717, 1.165) is 10.2 Å². The predicted molar refractivity (Wildman–Crippen MR) is 107 cm³/mol. The molecule has 0 radical (unpaired) electrons. The predicted octanol–water partition coefficient (Wildman–Crippen LogP) is 2.86. The number of benzene rings is 2. The highest BCUT2D eigenvalue weighted by Gasteiger charge is 2.35. The third-order valence-electron chi connectivity index (χ3n) is 4.68. The Morgan fingerprint density at radius 3 is 2.83 bits per heavy atom. The third kappa shape index (κ3) is 3.88. The molecule has 148 valence electrons. The maximum absolute atomic E-state index is 14.2. The van der Waals surface area contributed by atoms with Crippen molar-refractivity contribution in [2.45, 2.75) is 13.3 Å². The van der Waals surface area contributed by atoms with Crippen molar-refractivity contribution >= 4 is 39.1 Å². The van der Waals surface area contributed by atoms with Crippen LogP contribution in [0.1, 0.15) is 12.2 Å². The first-order valence-corrected chi connectivity index (χ1v) is 9.63. The average molecular weight is 459 g/mol. The minimum atomic E-state index is -0.518. The Morgan fingerprint density at radius 1 is 1.28 bits per heavy atom. The number of halogens is 2. The molecule has 2 aromatic carbocycles. The van der Waals surface area contributed by atoms with Crippen LogP contribution in [0.4, 0.5) is 15.8 Å². The summed E-state index contributed by atoms with van der Waals surface area (Å²) < 4.78 is 16.3. The molecule has 3 aromatic rings. The number of aryl methyl sites for hydroxylation is 1. The van der Waals surface area contributed by atoms with E-state index in [0.29, 0.717) is 11.5 Å². The van der Waals surface area contributed by atoms with Gasteiger partial charge < -0.3 is 10.2 Å². The fourth-order valence-corrected chi connectivity index (χ4v) is 3.62. The molecular formula is C19H16BrFN6O2. The second-order valence-corrected chi connectivity index (χ2v) is 7.59. The number of tetrazole rings is 1. The maximum atomic E-state index is 14.2. The fraction of sp³-hybridized carbons (Fsp3) is 0.211. The number of carbonyl (C=O) groups excluding carboxylic acids is 2. The van der Waals surface area contributed by atoms with Gasteiger partial charge in [0.25, 0.3) is 0 Å². The van der Waals surface area contributed by atoms with Gasteiger partial charge in [-0.1, -0.05) is 22.0 Å². The maximum Gasteiger partial charge on any atom is 0.229 e. The Morgan fingerprint density at radius 2 is 2.10 bits per heavy atom. The van der Waals surface area contributed by atoms with Crippen molar-refractivity contribution < 1.29 is 14.0 Å². The van der Waals surface area contributed by atoms with Crippen molar-refractivity contribution in [1.29, 1.82) is 0 Å². The average Bonchev–Trinajstić information content (AvgIpc) is 3.29. The number of amides is 2. The first kappa shape index (κ1) is 19.2. The number of hydrogen-bond acceptors (Lipinski definition) is 5. The van der Waals surface area contributed by atoms with Crippen LogP contribution in [0.2, 0.25) is 0 Å². The van der Waals surface area contributed by atoms with Crippen LogP contribution in [0.25, 0.3) is 5.69 Å². The lowest BCUT2D eigenvalue weighted by Gasteiger charge is -2.17. The summed E-state index contributed by atoms with van der Waals surface area (Å²) in [5, 5.41) is 13.8. The van der Waals surface area contributed by atoms with Gasteiger partial charge in [0.1, 0.15) is 11.5 Å². The minimum Gasteiger partial charge on any atom is -0.326 e. The number of nitrogens with zero attached hydrogens (tertiary/aromatic N) is 5. The second-order valence-electron chi connectivity index (χ2n) is 6.68. The van der Waals surface area contributed by atoms with E-state index in [4.69, 9.17) is 0 Å². The van der Waals surface area contributed by atoms with Gasteiger partial charge >= 0.3 is 0 Å². The van der Waals surface area contributed by atoms with Crippen LogP contribution in [0.3, 0.4) is 0 Å². The van der Waals surface area contributed by atoms with Crippen molar-refractivity contribution in [3.8, 4) is 5.69 Å². The van der Waals surface area contributed by atoms with Gasteiger partial charge in [0.05, 0.1) is 5.92 Å². The Hall–Kier alpha value is -3.14. The summed E-state index contributed by atoms with van der Waals surface area (Å²) in [5.41, 5.74) is 1.26. The Labute approximate surface area is 173 Å². The topological polar surface area (TPSA) is 93.0 Å². The molecule has 1 unspecified atom stereocenters. The number of rotatable bonds is 4. The lowest BCUT2D eigenvalue weighted by atomic mass is 10.1. The zero-order valence-electron chi connectivity index (χ0n) is 15.3. The number of hydrogen-bond donors (Lipinski definition) is 1. The molecule has 29 heavy (non-hydrogen) atoms. The summed E-state index contributed by atoms with van der Waals surface area (Å²) in [4.78, 5) is 26.7. The molecular weight excluding hydrogens is 443 g/mol. The smallest absolute Gasteiger partial charge is 0.229 e. The van der Waals surface area contributed by atoms with Crippen molar-refractivity contribution in [2.24, 2.45) is 5.92 Å². The highest BCUT2D eigenvalue weighted by atomic mass is 79.9. The molecule has 1 atom stereocenters. The van der Waals surface area contributed by atoms with Crippen LogP contribution in [-0.2, 0) is 9.59 Å². The first-order valence-electron chi connectivity index (χ1n) is 8.84. The standard InChI is InChI=1S/C19H16BrFN6O2/c1-11-23-24-25-27(11)17-9-14(5-6-16(17)21)22-19(29)12-7-18(28)26(10-12)15-4-2-3-13(20)8-15/h2-6,8-9,12H,7,10H2,1H3,(H,22,29). The molecule has 0 bridgehead atoms. The lowest BCUT2D eigenvalue weighted by molar-refractivity contribution is -0.122. The molecule has 1 N–H and O–H groups in total. The molecule has 1 saturated heterocycles. The second kappa shape index (κ2) is 7.70. The molecule has 0 aliphatic carbocycles. The monoisotopic (exact) mass is 458 g/mol. The summed E-state index contributed by atoms with van der Waals surface area (Å²) in [6.45, 7) is 1.92. The highest BCUT2D eigenvalue weighted by Crippen LogP contribution is 2.28. The van der Waals surface area contributed by atoms with Gasteiger partial charge in [0.15, 0.2) is 5.82 Å². The van der Waals surface area contributed by atoms with Gasteiger partial charge in [-0.05, 0) is 53.7 Å². The number of aromatic nitrogens is 4. The lowest BCUT2D eigenvalue weighted by Crippen LogP contribution is -2.28. The summed E-state index contributed by atoms with van der Waals surface area (Å²) in [7, 11) is 0. The Bertz CT molecular complexity index is 1100. The molecule has 4 rings (SSSR count). The Balaban J connectivity index is 1.50. The first-order chi connectivity index (χ1) is 13.9. The van der Waals surface area contributed by atoms with Crippen LogP contribution >= 0.6 is 15.9 Å². The van der Waals surface area contributed by atoms with E-state index < -0.39 is 11.7 Å². The van der Waals surface area contributed by atoms with E-state index >= 15 is 0 Å². The van der Waals surface area contributed by atoms with Crippen LogP contribution in [0, 0.1) is 18.7 Å². The molecule has 1 aliphatic heterocycles. The molecule has 2 amide bonds. The highest BCUT2D eigenvalue weighted by molar-refractivity contribution is 9.10. The summed E-state index contributed by atoms with van der Waals surface area (Å²) in [5.74, 6) is -1.03. The van der Waals surface area contributed by atoms with Gasteiger partial charge in [-0.3, -0.25) is 9.59 Å². The van der Waals surface area contributed by atoms with E-state index in [2.05, 4.69) is 36.8 Å². The molecule has 10 heteroatoms. The molecule has 1 fully saturated rings. The zero-order valence-corrected chi connectivity index (χ0v) is 16.9. The quantitative estimate of drug-likeness (QED) is 0.648. The van der Waals surface area contributed by atoms with Gasteiger partial charge in [0, 0.05) is 28.8 Å². The van der Waals surface area contributed by atoms with Crippen molar-refractivity contribution in [2.75, 3.05) is 16.8 Å². The van der Waals surface area contributed by atoms with Gasteiger partial charge in [0.2, 0.25) is 11.8 Å². The fourth-order valence-electron chi connectivity index (χ4n) is 3.23.